The second-order valence-corrected chi connectivity index (χ2v) is 6.98. The maximum Gasteiger partial charge on any atom is 0.211 e. The predicted molar refractivity (Wildman–Crippen MR) is 74.0 cm³/mol. The Labute approximate surface area is 110 Å². The van der Waals surface area contributed by atoms with Crippen molar-refractivity contribution < 1.29 is 8.42 Å². The van der Waals surface area contributed by atoms with Crippen molar-refractivity contribution in [2.75, 3.05) is 12.8 Å². The van der Waals surface area contributed by atoms with Crippen LogP contribution in [-0.4, -0.2) is 31.6 Å². The fourth-order valence-corrected chi connectivity index (χ4v) is 3.89. The quantitative estimate of drug-likeness (QED) is 0.840. The molecule has 0 amide bonds. The van der Waals surface area contributed by atoms with Crippen molar-refractivity contribution in [3.63, 3.8) is 0 Å². The SMILES string of the molecule is CS(=O)(=O)N1CCCC[C@H]1CCc1ccccc1. The van der Waals surface area contributed by atoms with Gasteiger partial charge in [-0.3, -0.25) is 0 Å². The van der Waals surface area contributed by atoms with E-state index in [1.807, 2.05) is 18.2 Å². The molecule has 4 heteroatoms. The van der Waals surface area contributed by atoms with E-state index in [2.05, 4.69) is 12.1 Å². The van der Waals surface area contributed by atoms with Crippen molar-refractivity contribution >= 4 is 10.0 Å². The Morgan fingerprint density at radius 2 is 1.94 bits per heavy atom. The third kappa shape index (κ3) is 3.56. The summed E-state index contributed by atoms with van der Waals surface area (Å²) < 4.78 is 25.2. The maximum atomic E-state index is 11.7. The molecule has 1 heterocycles. The van der Waals surface area contributed by atoms with E-state index in [9.17, 15) is 8.42 Å². The van der Waals surface area contributed by atoms with Crippen LogP contribution in [0, 0.1) is 0 Å². The molecule has 18 heavy (non-hydrogen) atoms. The normalized spacial score (nSPS) is 21.9. The maximum absolute atomic E-state index is 11.7. The zero-order valence-electron chi connectivity index (χ0n) is 10.9. The highest BCUT2D eigenvalue weighted by atomic mass is 32.2. The van der Waals surface area contributed by atoms with Crippen molar-refractivity contribution in [2.45, 2.75) is 38.1 Å². The molecule has 1 atom stereocenters. The fraction of sp³-hybridized carbons (Fsp3) is 0.571. The van der Waals surface area contributed by atoms with Crippen LogP contribution >= 0.6 is 0 Å². The van der Waals surface area contributed by atoms with Crippen LogP contribution in [0.15, 0.2) is 30.3 Å². The first kappa shape index (κ1) is 13.6. The summed E-state index contributed by atoms with van der Waals surface area (Å²) in [5, 5.41) is 0. The van der Waals surface area contributed by atoms with Crippen LogP contribution in [0.1, 0.15) is 31.2 Å². The van der Waals surface area contributed by atoms with Gasteiger partial charge in [-0.2, -0.15) is 4.31 Å². The lowest BCUT2D eigenvalue weighted by Crippen LogP contribution is -2.43. The molecule has 0 aliphatic carbocycles. The molecule has 0 spiro atoms. The van der Waals surface area contributed by atoms with Crippen LogP contribution in [0.5, 0.6) is 0 Å². The van der Waals surface area contributed by atoms with Crippen molar-refractivity contribution in [3.05, 3.63) is 35.9 Å². The number of hydrogen-bond acceptors (Lipinski definition) is 2. The zero-order chi connectivity index (χ0) is 13.0. The first-order valence-corrected chi connectivity index (χ1v) is 8.43. The standard InChI is InChI=1S/C14H21NO2S/c1-18(16,17)15-12-6-5-9-14(15)11-10-13-7-3-2-4-8-13/h2-4,7-8,14H,5-6,9-12H2,1H3/t14-/m0/s1. The summed E-state index contributed by atoms with van der Waals surface area (Å²) in [6, 6.07) is 10.5. The van der Waals surface area contributed by atoms with Crippen molar-refractivity contribution in [1.82, 2.24) is 4.31 Å². The Hall–Kier alpha value is -0.870. The Bertz CT molecular complexity index is 470. The number of nitrogens with zero attached hydrogens (tertiary/aromatic N) is 1. The molecule has 0 N–H and O–H groups in total. The number of aryl methyl sites for hydroxylation is 1. The molecule has 1 aliphatic rings. The number of rotatable bonds is 4. The Morgan fingerprint density at radius 1 is 1.22 bits per heavy atom. The Balaban J connectivity index is 1.98. The molecule has 1 aromatic carbocycles. The molecule has 0 radical (unpaired) electrons. The summed E-state index contributed by atoms with van der Waals surface area (Å²) in [5.41, 5.74) is 1.29. The van der Waals surface area contributed by atoms with Gasteiger partial charge in [-0.1, -0.05) is 36.8 Å². The van der Waals surface area contributed by atoms with Gasteiger partial charge in [-0.25, -0.2) is 8.42 Å². The number of sulfonamides is 1. The minimum atomic E-state index is -3.05. The van der Waals surface area contributed by atoms with E-state index >= 15 is 0 Å². The van der Waals surface area contributed by atoms with E-state index in [1.54, 1.807) is 4.31 Å². The van der Waals surface area contributed by atoms with Gasteiger partial charge in [-0.05, 0) is 31.2 Å². The van der Waals surface area contributed by atoms with Crippen LogP contribution < -0.4 is 0 Å². The van der Waals surface area contributed by atoms with Crippen molar-refractivity contribution in [2.24, 2.45) is 0 Å². The smallest absolute Gasteiger partial charge is 0.211 e. The van der Waals surface area contributed by atoms with Crippen molar-refractivity contribution in [3.8, 4) is 0 Å². The van der Waals surface area contributed by atoms with Gasteiger partial charge in [0.05, 0.1) is 6.26 Å². The second-order valence-electron chi connectivity index (χ2n) is 5.05. The second kappa shape index (κ2) is 5.85. The summed E-state index contributed by atoms with van der Waals surface area (Å²) in [7, 11) is -3.05. The minimum absolute atomic E-state index is 0.189. The van der Waals surface area contributed by atoms with Crippen molar-refractivity contribution in [1.29, 1.82) is 0 Å². The van der Waals surface area contributed by atoms with Crippen LogP contribution in [0.25, 0.3) is 0 Å². The molecular formula is C14H21NO2S. The summed E-state index contributed by atoms with van der Waals surface area (Å²) in [6.07, 6.45) is 6.35. The summed E-state index contributed by atoms with van der Waals surface area (Å²) in [6.45, 7) is 0.693. The van der Waals surface area contributed by atoms with E-state index in [-0.39, 0.29) is 6.04 Å². The summed E-state index contributed by atoms with van der Waals surface area (Å²) in [4.78, 5) is 0. The lowest BCUT2D eigenvalue weighted by molar-refractivity contribution is 0.242. The molecule has 2 rings (SSSR count). The average Bonchev–Trinajstić information content (AvgIpc) is 2.37. The highest BCUT2D eigenvalue weighted by molar-refractivity contribution is 7.88. The minimum Gasteiger partial charge on any atom is -0.212 e. The average molecular weight is 267 g/mol. The van der Waals surface area contributed by atoms with Gasteiger partial charge < -0.3 is 0 Å². The molecule has 100 valence electrons. The van der Waals surface area contributed by atoms with Gasteiger partial charge in [0.25, 0.3) is 0 Å². The topological polar surface area (TPSA) is 37.4 Å². The third-order valence-electron chi connectivity index (χ3n) is 3.61. The highest BCUT2D eigenvalue weighted by Crippen LogP contribution is 2.23. The van der Waals surface area contributed by atoms with Gasteiger partial charge >= 0.3 is 0 Å². The molecular weight excluding hydrogens is 246 g/mol. The molecule has 0 bridgehead atoms. The van der Waals surface area contributed by atoms with E-state index < -0.39 is 10.0 Å². The summed E-state index contributed by atoms with van der Waals surface area (Å²) >= 11 is 0. The molecule has 0 unspecified atom stereocenters. The lowest BCUT2D eigenvalue weighted by Gasteiger charge is -2.33. The van der Waals surface area contributed by atoms with Gasteiger partial charge in [0, 0.05) is 12.6 Å². The number of benzene rings is 1. The molecule has 1 fully saturated rings. The van der Waals surface area contributed by atoms with Gasteiger partial charge in [0.1, 0.15) is 0 Å². The van der Waals surface area contributed by atoms with E-state index in [0.29, 0.717) is 6.54 Å². The van der Waals surface area contributed by atoms with Gasteiger partial charge in [0.15, 0.2) is 0 Å². The summed E-state index contributed by atoms with van der Waals surface area (Å²) in [5.74, 6) is 0. The first-order chi connectivity index (χ1) is 8.57. The number of hydrogen-bond donors (Lipinski definition) is 0. The molecule has 1 aromatic rings. The van der Waals surface area contributed by atoms with E-state index in [0.717, 1.165) is 32.1 Å². The Morgan fingerprint density at radius 3 is 2.61 bits per heavy atom. The van der Waals surface area contributed by atoms with Crippen LogP contribution in [0.2, 0.25) is 0 Å². The molecule has 1 saturated heterocycles. The molecule has 0 aromatic heterocycles. The van der Waals surface area contributed by atoms with Gasteiger partial charge in [0.2, 0.25) is 10.0 Å². The van der Waals surface area contributed by atoms with Crippen LogP contribution in [0.3, 0.4) is 0 Å². The fourth-order valence-electron chi connectivity index (χ4n) is 2.68. The predicted octanol–water partition coefficient (Wildman–Crippen LogP) is 2.43. The van der Waals surface area contributed by atoms with E-state index in [1.165, 1.54) is 11.8 Å². The largest absolute Gasteiger partial charge is 0.212 e. The number of piperidine rings is 1. The highest BCUT2D eigenvalue weighted by Gasteiger charge is 2.28. The molecule has 0 saturated carbocycles. The zero-order valence-corrected chi connectivity index (χ0v) is 11.7. The van der Waals surface area contributed by atoms with Crippen LogP contribution in [0.4, 0.5) is 0 Å². The first-order valence-electron chi connectivity index (χ1n) is 6.58. The monoisotopic (exact) mass is 267 g/mol. The molecule has 1 aliphatic heterocycles. The molecule has 3 nitrogen and oxygen atoms in total. The van der Waals surface area contributed by atoms with Gasteiger partial charge in [-0.15, -0.1) is 0 Å². The third-order valence-corrected chi connectivity index (χ3v) is 4.94. The van der Waals surface area contributed by atoms with E-state index in [4.69, 9.17) is 0 Å². The Kier molecular flexibility index (Phi) is 4.40. The lowest BCUT2D eigenvalue weighted by atomic mass is 9.98. The van der Waals surface area contributed by atoms with Crippen LogP contribution in [-0.2, 0) is 16.4 Å².